The number of nitrogens with one attached hydrogen (secondary N) is 1. The van der Waals surface area contributed by atoms with Gasteiger partial charge in [-0.1, -0.05) is 18.2 Å². The number of methoxy groups -OCH3 is 2. The summed E-state index contributed by atoms with van der Waals surface area (Å²) in [6.07, 6.45) is -0.429. The third-order valence-electron chi connectivity index (χ3n) is 6.40. The van der Waals surface area contributed by atoms with E-state index in [-0.39, 0.29) is 61.8 Å². The highest BCUT2D eigenvalue weighted by Gasteiger charge is 2.41. The molecule has 3 atom stereocenters. The van der Waals surface area contributed by atoms with Gasteiger partial charge in [-0.2, -0.15) is 0 Å². The van der Waals surface area contributed by atoms with Gasteiger partial charge in [0, 0.05) is 43.3 Å². The van der Waals surface area contributed by atoms with E-state index < -0.39 is 35.9 Å². The van der Waals surface area contributed by atoms with Gasteiger partial charge in [-0.3, -0.25) is 14.4 Å². The van der Waals surface area contributed by atoms with Gasteiger partial charge in [-0.25, -0.2) is 4.39 Å². The molecule has 10 nitrogen and oxygen atoms in total. The SMILES string of the molecule is COCCC(=O)N(Cc1ccccc1F)C1CC(C(=O)NCCO)=CC(Oc2c(I)cc(C=O)cc2OC)C1O. The van der Waals surface area contributed by atoms with Crippen LogP contribution in [0.1, 0.15) is 28.8 Å². The Kier molecular flexibility index (Phi) is 11.9. The van der Waals surface area contributed by atoms with E-state index in [1.165, 1.54) is 43.4 Å². The fraction of sp³-hybridized carbons (Fsp3) is 0.393. The molecule has 0 aliphatic heterocycles. The van der Waals surface area contributed by atoms with E-state index in [4.69, 9.17) is 14.2 Å². The molecule has 1 aliphatic carbocycles. The minimum absolute atomic E-state index is 0.000490. The van der Waals surface area contributed by atoms with E-state index in [9.17, 15) is 29.0 Å². The molecular weight excluding hydrogens is 638 g/mol. The summed E-state index contributed by atoms with van der Waals surface area (Å²) in [5.74, 6) is -0.963. The number of nitrogens with zero attached hydrogens (tertiary/aromatic N) is 1. The predicted octanol–water partition coefficient (Wildman–Crippen LogP) is 2.23. The average Bonchev–Trinajstić information content (AvgIpc) is 2.96. The lowest BCUT2D eigenvalue weighted by Crippen LogP contribution is -2.55. The van der Waals surface area contributed by atoms with Crippen LogP contribution >= 0.6 is 22.6 Å². The number of hydrogen-bond donors (Lipinski definition) is 3. The number of aldehydes is 1. The van der Waals surface area contributed by atoms with Crippen molar-refractivity contribution in [3.05, 3.63) is 68.6 Å². The quantitative estimate of drug-likeness (QED) is 0.218. The maximum atomic E-state index is 14.6. The molecule has 0 fully saturated rings. The molecule has 1 aliphatic rings. The molecule has 40 heavy (non-hydrogen) atoms. The lowest BCUT2D eigenvalue weighted by molar-refractivity contribution is -0.140. The maximum absolute atomic E-state index is 14.6. The number of hydrogen-bond acceptors (Lipinski definition) is 8. The molecule has 2 amide bonds. The first kappa shape index (κ1) is 31.5. The zero-order chi connectivity index (χ0) is 29.2. The number of amides is 2. The van der Waals surface area contributed by atoms with Crippen LogP contribution in [0.5, 0.6) is 11.5 Å². The largest absolute Gasteiger partial charge is 0.493 e. The van der Waals surface area contributed by atoms with Gasteiger partial charge >= 0.3 is 0 Å². The van der Waals surface area contributed by atoms with Crippen LogP contribution in [-0.4, -0.2) is 85.4 Å². The van der Waals surface area contributed by atoms with Crippen LogP contribution < -0.4 is 14.8 Å². The number of aliphatic hydroxyl groups excluding tert-OH is 2. The van der Waals surface area contributed by atoms with E-state index in [1.54, 1.807) is 18.2 Å². The summed E-state index contributed by atoms with van der Waals surface area (Å²) in [7, 11) is 2.85. The molecule has 12 heteroatoms. The minimum atomic E-state index is -1.33. The Bertz CT molecular complexity index is 1240. The molecular formula is C28H32FIN2O8. The second-order valence-electron chi connectivity index (χ2n) is 9.02. The smallest absolute Gasteiger partial charge is 0.247 e. The Morgan fingerprint density at radius 1 is 1.25 bits per heavy atom. The van der Waals surface area contributed by atoms with Crippen molar-refractivity contribution in [1.29, 1.82) is 0 Å². The zero-order valence-corrected chi connectivity index (χ0v) is 24.3. The third kappa shape index (κ3) is 7.77. The summed E-state index contributed by atoms with van der Waals surface area (Å²) in [5, 5.41) is 23.3. The average molecular weight is 670 g/mol. The van der Waals surface area contributed by atoms with E-state index in [1.807, 2.05) is 22.6 Å². The molecule has 2 aromatic carbocycles. The number of aliphatic hydroxyl groups is 2. The highest BCUT2D eigenvalue weighted by atomic mass is 127. The molecule has 0 saturated carbocycles. The molecule has 0 heterocycles. The first-order chi connectivity index (χ1) is 19.2. The lowest BCUT2D eigenvalue weighted by atomic mass is 9.87. The van der Waals surface area contributed by atoms with Gasteiger partial charge in [0.15, 0.2) is 11.5 Å². The second kappa shape index (κ2) is 15.1. The molecule has 2 aromatic rings. The topological polar surface area (TPSA) is 135 Å². The molecule has 3 N–H and O–H groups in total. The molecule has 0 aromatic heterocycles. The van der Waals surface area contributed by atoms with E-state index in [2.05, 4.69) is 5.32 Å². The van der Waals surface area contributed by atoms with Gasteiger partial charge in [0.05, 0.1) is 36.4 Å². The van der Waals surface area contributed by atoms with Gasteiger partial charge in [-0.05, 0) is 46.9 Å². The van der Waals surface area contributed by atoms with E-state index in [0.717, 1.165) is 0 Å². The van der Waals surface area contributed by atoms with Crippen molar-refractivity contribution >= 4 is 40.7 Å². The molecule has 216 valence electrons. The minimum Gasteiger partial charge on any atom is -0.493 e. The van der Waals surface area contributed by atoms with Crippen molar-refractivity contribution in [3.63, 3.8) is 0 Å². The fourth-order valence-electron chi connectivity index (χ4n) is 4.37. The first-order valence-corrected chi connectivity index (χ1v) is 13.6. The number of benzene rings is 2. The van der Waals surface area contributed by atoms with Gasteiger partial charge < -0.3 is 34.6 Å². The number of rotatable bonds is 13. The summed E-state index contributed by atoms with van der Waals surface area (Å²) in [5.41, 5.74) is 0.805. The molecule has 0 saturated heterocycles. The lowest BCUT2D eigenvalue weighted by Gasteiger charge is -2.40. The van der Waals surface area contributed by atoms with Crippen LogP contribution in [0.4, 0.5) is 4.39 Å². The summed E-state index contributed by atoms with van der Waals surface area (Å²) in [4.78, 5) is 39.0. The Balaban J connectivity index is 2.05. The van der Waals surface area contributed by atoms with E-state index in [0.29, 0.717) is 15.4 Å². The summed E-state index contributed by atoms with van der Waals surface area (Å²) < 4.78 is 31.8. The standard InChI is InChI=1S/C28H32FIN2O8/c1-38-10-7-25(35)32(15-18-5-3-4-6-20(18)29)22-13-19(28(37)31-8-9-33)14-23(26(22)36)40-27-21(30)11-17(16-34)12-24(27)39-2/h3-6,11-12,14,16,22-23,26,33,36H,7-10,13,15H2,1-2H3,(H,31,37). The Morgan fingerprint density at radius 2 is 2.00 bits per heavy atom. The van der Waals surface area contributed by atoms with Crippen molar-refractivity contribution in [3.8, 4) is 11.5 Å². The van der Waals surface area contributed by atoms with Crippen LogP contribution in [0.15, 0.2) is 48.0 Å². The second-order valence-corrected chi connectivity index (χ2v) is 10.2. The van der Waals surface area contributed by atoms with Crippen molar-refractivity contribution in [2.24, 2.45) is 0 Å². The van der Waals surface area contributed by atoms with Gasteiger partial charge in [0.2, 0.25) is 11.8 Å². The normalized spacial score (nSPS) is 18.4. The molecule has 0 bridgehead atoms. The third-order valence-corrected chi connectivity index (χ3v) is 7.20. The zero-order valence-electron chi connectivity index (χ0n) is 22.1. The van der Waals surface area contributed by atoms with Crippen LogP contribution in [0.3, 0.4) is 0 Å². The molecule has 0 spiro atoms. The number of halogens is 2. The first-order valence-electron chi connectivity index (χ1n) is 12.5. The highest BCUT2D eigenvalue weighted by molar-refractivity contribution is 14.1. The summed E-state index contributed by atoms with van der Waals surface area (Å²) >= 11 is 1.97. The molecule has 0 radical (unpaired) electrons. The van der Waals surface area contributed by atoms with Crippen LogP contribution in [0.25, 0.3) is 0 Å². The number of carbonyl (C=O) groups is 3. The Hall–Kier alpha value is -3.07. The monoisotopic (exact) mass is 670 g/mol. The maximum Gasteiger partial charge on any atom is 0.247 e. The number of ether oxygens (including phenoxy) is 3. The fourth-order valence-corrected chi connectivity index (χ4v) is 5.12. The van der Waals surface area contributed by atoms with E-state index >= 15 is 0 Å². The molecule has 3 unspecified atom stereocenters. The summed E-state index contributed by atoms with van der Waals surface area (Å²) in [6, 6.07) is 8.08. The van der Waals surface area contributed by atoms with Crippen molar-refractivity contribution < 1.29 is 43.2 Å². The predicted molar refractivity (Wildman–Crippen MR) is 152 cm³/mol. The van der Waals surface area contributed by atoms with Crippen molar-refractivity contribution in [1.82, 2.24) is 10.2 Å². The Morgan fingerprint density at radius 3 is 2.65 bits per heavy atom. The van der Waals surface area contributed by atoms with Crippen LogP contribution in [-0.2, 0) is 20.9 Å². The van der Waals surface area contributed by atoms with Gasteiger partial charge in [-0.15, -0.1) is 0 Å². The van der Waals surface area contributed by atoms with Gasteiger partial charge in [0.1, 0.15) is 24.3 Å². The van der Waals surface area contributed by atoms with Crippen LogP contribution in [0, 0.1) is 9.39 Å². The molecule has 3 rings (SSSR count). The summed E-state index contributed by atoms with van der Waals surface area (Å²) in [6.45, 7) is -0.338. The van der Waals surface area contributed by atoms with Crippen LogP contribution in [0.2, 0.25) is 0 Å². The van der Waals surface area contributed by atoms with Crippen molar-refractivity contribution in [2.45, 2.75) is 37.6 Å². The Labute approximate surface area is 245 Å². The highest BCUT2D eigenvalue weighted by Crippen LogP contribution is 2.37. The van der Waals surface area contributed by atoms with Gasteiger partial charge in [0.25, 0.3) is 0 Å². The van der Waals surface area contributed by atoms with Crippen molar-refractivity contribution in [2.75, 3.05) is 34.0 Å². The number of carbonyl (C=O) groups excluding carboxylic acids is 3.